The van der Waals surface area contributed by atoms with E-state index in [4.69, 9.17) is 28.1 Å². The topological polar surface area (TPSA) is 126 Å². The Labute approximate surface area is 194 Å². The highest BCUT2D eigenvalue weighted by Gasteiger charge is 2.15. The zero-order chi connectivity index (χ0) is 22.8. The zero-order valence-corrected chi connectivity index (χ0v) is 19.2. The summed E-state index contributed by atoms with van der Waals surface area (Å²) in [7, 11) is 0. The first kappa shape index (κ1) is 22.0. The van der Waals surface area contributed by atoms with Gasteiger partial charge in [-0.05, 0) is 48.2 Å². The molecule has 1 unspecified atom stereocenters. The van der Waals surface area contributed by atoms with Crippen molar-refractivity contribution in [2.45, 2.75) is 37.1 Å². The lowest BCUT2D eigenvalue weighted by Gasteiger charge is -2.15. The van der Waals surface area contributed by atoms with E-state index >= 15 is 0 Å². The number of halogens is 1. The Hall–Kier alpha value is -3.17. The zero-order valence-electron chi connectivity index (χ0n) is 17.6. The van der Waals surface area contributed by atoms with E-state index in [9.17, 15) is 4.79 Å². The highest BCUT2D eigenvalue weighted by atomic mass is 35.5. The van der Waals surface area contributed by atoms with E-state index in [-0.39, 0.29) is 17.5 Å². The van der Waals surface area contributed by atoms with Crippen LogP contribution in [-0.4, -0.2) is 24.5 Å². The highest BCUT2D eigenvalue weighted by molar-refractivity contribution is 7.98. The molecule has 1 atom stereocenters. The van der Waals surface area contributed by atoms with Gasteiger partial charge in [-0.3, -0.25) is 9.36 Å². The first-order valence-electron chi connectivity index (χ1n) is 10.1. The van der Waals surface area contributed by atoms with Crippen LogP contribution in [0.5, 0.6) is 0 Å². The molecule has 8 nitrogen and oxygen atoms in total. The molecule has 0 aliphatic rings. The number of hydrogen-bond acceptors (Lipinski definition) is 8. The van der Waals surface area contributed by atoms with Crippen LogP contribution in [0.1, 0.15) is 37.6 Å². The summed E-state index contributed by atoms with van der Waals surface area (Å²) in [5.74, 6) is 1.24. The van der Waals surface area contributed by atoms with Gasteiger partial charge in [0.05, 0.1) is 22.3 Å². The number of aromatic nitrogens is 5. The van der Waals surface area contributed by atoms with E-state index in [1.807, 2.05) is 24.3 Å². The predicted octanol–water partition coefficient (Wildman–Crippen LogP) is 4.19. The molecular formula is C22H22ClN7OS. The lowest BCUT2D eigenvalue weighted by Crippen LogP contribution is -2.22. The summed E-state index contributed by atoms with van der Waals surface area (Å²) in [6, 6.07) is 13.0. The Kier molecular flexibility index (Phi) is 6.29. The van der Waals surface area contributed by atoms with Gasteiger partial charge in [0.2, 0.25) is 11.9 Å². The molecule has 0 amide bonds. The van der Waals surface area contributed by atoms with Gasteiger partial charge in [-0.25, -0.2) is 4.98 Å². The molecule has 0 radical (unpaired) electrons. The third kappa shape index (κ3) is 4.53. The summed E-state index contributed by atoms with van der Waals surface area (Å²) in [6.07, 6.45) is 1.04. The van der Waals surface area contributed by atoms with Crippen LogP contribution in [0.4, 0.5) is 11.9 Å². The van der Waals surface area contributed by atoms with Gasteiger partial charge in [0.1, 0.15) is 5.82 Å². The van der Waals surface area contributed by atoms with Gasteiger partial charge < -0.3 is 11.5 Å². The number of benzene rings is 2. The average molecular weight is 468 g/mol. The lowest BCUT2D eigenvalue weighted by atomic mass is 9.98. The molecule has 4 rings (SSSR count). The summed E-state index contributed by atoms with van der Waals surface area (Å²) in [4.78, 5) is 30.2. The Bertz CT molecular complexity index is 1320. The lowest BCUT2D eigenvalue weighted by molar-refractivity contribution is 0.732. The van der Waals surface area contributed by atoms with Gasteiger partial charge in [-0.1, -0.05) is 49.3 Å². The van der Waals surface area contributed by atoms with E-state index in [2.05, 4.69) is 28.8 Å². The Balaban J connectivity index is 1.81. The molecule has 2 aromatic carbocycles. The van der Waals surface area contributed by atoms with Crippen molar-refractivity contribution in [1.29, 1.82) is 0 Å². The molecule has 0 saturated carbocycles. The van der Waals surface area contributed by atoms with Crippen molar-refractivity contribution in [3.63, 3.8) is 0 Å². The number of fused-ring (bicyclic) bond motifs is 1. The van der Waals surface area contributed by atoms with E-state index < -0.39 is 0 Å². The summed E-state index contributed by atoms with van der Waals surface area (Å²) in [6.45, 7) is 4.33. The highest BCUT2D eigenvalue weighted by Crippen LogP contribution is 2.26. The molecule has 164 valence electrons. The van der Waals surface area contributed by atoms with Crippen molar-refractivity contribution in [2.75, 3.05) is 11.5 Å². The quantitative estimate of drug-likeness (QED) is 0.319. The smallest absolute Gasteiger partial charge is 0.266 e. The van der Waals surface area contributed by atoms with Crippen LogP contribution in [0.2, 0.25) is 5.02 Å². The molecule has 0 fully saturated rings. The van der Waals surface area contributed by atoms with Crippen LogP contribution >= 0.6 is 23.4 Å². The van der Waals surface area contributed by atoms with Crippen LogP contribution in [0.3, 0.4) is 0 Å². The van der Waals surface area contributed by atoms with Crippen LogP contribution < -0.4 is 17.0 Å². The van der Waals surface area contributed by atoms with Crippen molar-refractivity contribution in [2.24, 2.45) is 0 Å². The van der Waals surface area contributed by atoms with E-state index in [1.54, 1.807) is 22.8 Å². The van der Waals surface area contributed by atoms with Gasteiger partial charge in [0.25, 0.3) is 5.56 Å². The van der Waals surface area contributed by atoms with Crippen LogP contribution in [-0.2, 0) is 5.75 Å². The van der Waals surface area contributed by atoms with Crippen molar-refractivity contribution >= 4 is 46.2 Å². The third-order valence-corrected chi connectivity index (χ3v) is 6.35. The second-order valence-electron chi connectivity index (χ2n) is 7.35. The predicted molar refractivity (Wildman–Crippen MR) is 129 cm³/mol. The standard InChI is InChI=1S/C22H22ClN7OS/c1-3-12(2)13-4-7-15(8-5-13)30-19(31)16-9-6-14(23)10-17(16)26-22(30)32-11-18-27-20(24)29-21(25)28-18/h4-10,12H,3,11H2,1-2H3,(H4,24,25,27,28,29). The molecule has 0 bridgehead atoms. The molecule has 10 heteroatoms. The Morgan fingerprint density at radius 3 is 2.38 bits per heavy atom. The second-order valence-corrected chi connectivity index (χ2v) is 8.73. The first-order valence-corrected chi connectivity index (χ1v) is 11.4. The Morgan fingerprint density at radius 1 is 1.03 bits per heavy atom. The molecule has 32 heavy (non-hydrogen) atoms. The van der Waals surface area contributed by atoms with Gasteiger partial charge in [-0.2, -0.15) is 15.0 Å². The number of hydrogen-bond donors (Lipinski definition) is 2. The third-order valence-electron chi connectivity index (χ3n) is 5.18. The van der Waals surface area contributed by atoms with E-state index in [0.717, 1.165) is 12.1 Å². The molecule has 0 aliphatic heterocycles. The molecule has 4 aromatic rings. The number of nitrogens with zero attached hydrogens (tertiary/aromatic N) is 5. The van der Waals surface area contributed by atoms with Gasteiger partial charge in [0.15, 0.2) is 5.16 Å². The number of nitrogen functional groups attached to an aromatic ring is 2. The van der Waals surface area contributed by atoms with E-state index in [1.165, 1.54) is 17.3 Å². The fourth-order valence-electron chi connectivity index (χ4n) is 3.30. The summed E-state index contributed by atoms with van der Waals surface area (Å²) >= 11 is 7.45. The monoisotopic (exact) mass is 467 g/mol. The fourth-order valence-corrected chi connectivity index (χ4v) is 4.34. The van der Waals surface area contributed by atoms with Crippen molar-refractivity contribution in [3.8, 4) is 5.69 Å². The maximum atomic E-state index is 13.4. The second kappa shape index (κ2) is 9.13. The van der Waals surface area contributed by atoms with Crippen LogP contribution in [0, 0.1) is 0 Å². The van der Waals surface area contributed by atoms with Crippen molar-refractivity contribution in [3.05, 3.63) is 69.2 Å². The number of anilines is 2. The van der Waals surface area contributed by atoms with Gasteiger partial charge in [0, 0.05) is 5.02 Å². The number of nitrogens with two attached hydrogens (primary N) is 2. The summed E-state index contributed by atoms with van der Waals surface area (Å²) < 4.78 is 1.59. The molecular weight excluding hydrogens is 446 g/mol. The minimum absolute atomic E-state index is 0.0457. The minimum atomic E-state index is -0.180. The van der Waals surface area contributed by atoms with Crippen LogP contribution in [0.25, 0.3) is 16.6 Å². The normalized spacial score (nSPS) is 12.2. The molecule has 4 N–H and O–H groups in total. The number of rotatable bonds is 6. The minimum Gasteiger partial charge on any atom is -0.368 e. The number of thioether (sulfide) groups is 1. The molecule has 2 aromatic heterocycles. The summed E-state index contributed by atoms with van der Waals surface area (Å²) in [5, 5.41) is 1.48. The van der Waals surface area contributed by atoms with Crippen molar-refractivity contribution < 1.29 is 0 Å². The largest absolute Gasteiger partial charge is 0.368 e. The molecule has 0 spiro atoms. The van der Waals surface area contributed by atoms with Gasteiger partial charge in [-0.15, -0.1) is 0 Å². The van der Waals surface area contributed by atoms with Crippen molar-refractivity contribution in [1.82, 2.24) is 24.5 Å². The maximum Gasteiger partial charge on any atom is 0.266 e. The average Bonchev–Trinajstić information content (AvgIpc) is 2.76. The molecule has 0 saturated heterocycles. The summed E-state index contributed by atoms with van der Waals surface area (Å²) in [5.41, 5.74) is 13.6. The maximum absolute atomic E-state index is 13.4. The van der Waals surface area contributed by atoms with Crippen LogP contribution in [0.15, 0.2) is 52.4 Å². The SMILES string of the molecule is CCC(C)c1ccc(-n2c(SCc3nc(N)nc(N)n3)nc3cc(Cl)ccc3c2=O)cc1. The molecule has 0 aliphatic carbocycles. The van der Waals surface area contributed by atoms with E-state index in [0.29, 0.717) is 38.6 Å². The fraction of sp³-hybridized carbons (Fsp3) is 0.227. The Morgan fingerprint density at radius 2 is 1.72 bits per heavy atom. The molecule has 2 heterocycles. The first-order chi connectivity index (χ1) is 15.4. The van der Waals surface area contributed by atoms with Gasteiger partial charge >= 0.3 is 0 Å².